The van der Waals surface area contributed by atoms with E-state index in [1.165, 1.54) is 11.8 Å². The van der Waals surface area contributed by atoms with Gasteiger partial charge in [-0.1, -0.05) is 18.2 Å². The van der Waals surface area contributed by atoms with Gasteiger partial charge in [0.25, 0.3) is 5.91 Å². The Labute approximate surface area is 156 Å². The summed E-state index contributed by atoms with van der Waals surface area (Å²) in [5.74, 6) is -0.834. The first-order valence-electron chi connectivity index (χ1n) is 8.20. The summed E-state index contributed by atoms with van der Waals surface area (Å²) in [4.78, 5) is 27.5. The van der Waals surface area contributed by atoms with Gasteiger partial charge in [-0.2, -0.15) is 11.8 Å². The molecule has 2 atom stereocenters. The van der Waals surface area contributed by atoms with Crippen molar-refractivity contribution in [1.82, 2.24) is 10.3 Å². The summed E-state index contributed by atoms with van der Waals surface area (Å²) >= 11 is 1.53. The number of hydrogen-bond acceptors (Lipinski definition) is 5. The molecule has 2 aromatic rings. The van der Waals surface area contributed by atoms with Gasteiger partial charge in [-0.15, -0.1) is 0 Å². The van der Waals surface area contributed by atoms with Crippen LogP contribution in [0.4, 0.5) is 0 Å². The molecule has 0 fully saturated rings. The van der Waals surface area contributed by atoms with Gasteiger partial charge in [-0.05, 0) is 47.8 Å². The first-order chi connectivity index (χ1) is 12.5. The molecule has 3 N–H and O–H groups in total. The van der Waals surface area contributed by atoms with Crippen molar-refractivity contribution < 1.29 is 19.8 Å². The van der Waals surface area contributed by atoms with E-state index in [1.54, 1.807) is 36.7 Å². The number of carboxylic acids is 1. The van der Waals surface area contributed by atoms with Crippen molar-refractivity contribution in [3.05, 3.63) is 65.5 Å². The third-order valence-corrected chi connectivity index (χ3v) is 4.57. The molecule has 0 aliphatic heterocycles. The molecule has 1 amide bonds. The van der Waals surface area contributed by atoms with Crippen LogP contribution in [0.15, 0.2) is 48.8 Å². The summed E-state index contributed by atoms with van der Waals surface area (Å²) < 4.78 is 0. The molecule has 7 heteroatoms. The zero-order valence-electron chi connectivity index (χ0n) is 14.5. The van der Waals surface area contributed by atoms with Crippen LogP contribution in [-0.2, 0) is 11.2 Å². The number of nitrogens with zero attached hydrogens (tertiary/aromatic N) is 1. The third kappa shape index (κ3) is 5.86. The summed E-state index contributed by atoms with van der Waals surface area (Å²) in [6.45, 7) is 0. The van der Waals surface area contributed by atoms with Crippen LogP contribution in [0.3, 0.4) is 0 Å². The lowest BCUT2D eigenvalue weighted by Gasteiger charge is -2.15. The molecule has 0 saturated heterocycles. The Kier molecular flexibility index (Phi) is 7.62. The summed E-state index contributed by atoms with van der Waals surface area (Å²) in [6.07, 6.45) is 5.35. The highest BCUT2D eigenvalue weighted by molar-refractivity contribution is 7.98. The topological polar surface area (TPSA) is 99.5 Å². The van der Waals surface area contributed by atoms with Gasteiger partial charge in [0.05, 0.1) is 6.10 Å². The van der Waals surface area contributed by atoms with Crippen LogP contribution in [0.1, 0.15) is 34.0 Å². The van der Waals surface area contributed by atoms with Crippen LogP contribution < -0.4 is 5.32 Å². The average molecular weight is 374 g/mol. The molecule has 0 aliphatic carbocycles. The monoisotopic (exact) mass is 374 g/mol. The quantitative estimate of drug-likeness (QED) is 0.623. The maximum Gasteiger partial charge on any atom is 0.326 e. The predicted octanol–water partition coefficient (Wildman–Crippen LogP) is 2.29. The molecule has 0 aliphatic rings. The van der Waals surface area contributed by atoms with E-state index in [1.807, 2.05) is 18.4 Å². The number of carboxylic acid groups (broad SMARTS) is 1. The average Bonchev–Trinajstić information content (AvgIpc) is 2.65. The number of pyridine rings is 1. The molecule has 1 heterocycles. The summed E-state index contributed by atoms with van der Waals surface area (Å²) in [5.41, 5.74) is 1.96. The first-order valence-corrected chi connectivity index (χ1v) is 9.60. The molecular weight excluding hydrogens is 352 g/mol. The molecule has 0 bridgehead atoms. The number of aliphatic hydroxyl groups excluding tert-OH is 1. The van der Waals surface area contributed by atoms with Gasteiger partial charge in [0.15, 0.2) is 0 Å². The van der Waals surface area contributed by atoms with Gasteiger partial charge < -0.3 is 15.5 Å². The summed E-state index contributed by atoms with van der Waals surface area (Å²) in [7, 11) is 0. The lowest BCUT2D eigenvalue weighted by atomic mass is 10.0. The van der Waals surface area contributed by atoms with Crippen molar-refractivity contribution in [2.45, 2.75) is 25.0 Å². The van der Waals surface area contributed by atoms with E-state index in [2.05, 4.69) is 10.3 Å². The van der Waals surface area contributed by atoms with Crippen LogP contribution in [0.25, 0.3) is 0 Å². The van der Waals surface area contributed by atoms with Gasteiger partial charge in [0, 0.05) is 24.4 Å². The van der Waals surface area contributed by atoms with E-state index >= 15 is 0 Å². The van der Waals surface area contributed by atoms with Crippen molar-refractivity contribution in [2.75, 3.05) is 12.0 Å². The molecule has 138 valence electrons. The van der Waals surface area contributed by atoms with Crippen LogP contribution in [0.5, 0.6) is 0 Å². The Bertz CT molecular complexity index is 722. The van der Waals surface area contributed by atoms with E-state index in [0.717, 1.165) is 5.56 Å². The van der Waals surface area contributed by atoms with E-state index < -0.39 is 24.0 Å². The molecule has 26 heavy (non-hydrogen) atoms. The van der Waals surface area contributed by atoms with Crippen molar-refractivity contribution in [3.8, 4) is 0 Å². The molecule has 2 rings (SSSR count). The minimum atomic E-state index is -1.05. The summed E-state index contributed by atoms with van der Waals surface area (Å²) in [5, 5.41) is 22.0. The number of nitrogens with one attached hydrogen (secondary N) is 1. The fourth-order valence-corrected chi connectivity index (χ4v) is 2.92. The zero-order valence-corrected chi connectivity index (χ0v) is 15.3. The lowest BCUT2D eigenvalue weighted by Crippen LogP contribution is -2.41. The number of aromatic nitrogens is 1. The molecule has 2 unspecified atom stereocenters. The van der Waals surface area contributed by atoms with Gasteiger partial charge in [0.1, 0.15) is 6.04 Å². The number of hydrogen-bond donors (Lipinski definition) is 3. The second-order valence-electron chi connectivity index (χ2n) is 5.85. The second kappa shape index (κ2) is 9.94. The molecule has 1 aromatic carbocycles. The predicted molar refractivity (Wildman–Crippen MR) is 101 cm³/mol. The number of carbonyl (C=O) groups excluding carboxylic acids is 1. The van der Waals surface area contributed by atoms with Crippen LogP contribution in [0, 0.1) is 0 Å². The minimum absolute atomic E-state index is 0.359. The highest BCUT2D eigenvalue weighted by Crippen LogP contribution is 2.18. The van der Waals surface area contributed by atoms with Crippen molar-refractivity contribution in [2.24, 2.45) is 0 Å². The Morgan fingerprint density at radius 1 is 1.23 bits per heavy atom. The summed E-state index contributed by atoms with van der Waals surface area (Å²) in [6, 6.07) is 9.31. The maximum absolute atomic E-state index is 12.2. The van der Waals surface area contributed by atoms with Crippen molar-refractivity contribution >= 4 is 23.6 Å². The van der Waals surface area contributed by atoms with Gasteiger partial charge in [-0.25, -0.2) is 4.79 Å². The molecule has 0 spiro atoms. The van der Waals surface area contributed by atoms with Gasteiger partial charge >= 0.3 is 5.97 Å². The van der Waals surface area contributed by atoms with Crippen LogP contribution in [-0.4, -0.2) is 45.1 Å². The maximum atomic E-state index is 12.2. The first kappa shape index (κ1) is 19.9. The zero-order chi connectivity index (χ0) is 18.9. The van der Waals surface area contributed by atoms with E-state index in [4.69, 9.17) is 0 Å². The van der Waals surface area contributed by atoms with Crippen molar-refractivity contribution in [1.29, 1.82) is 0 Å². The molecule has 6 nitrogen and oxygen atoms in total. The fraction of sp³-hybridized carbons (Fsp3) is 0.316. The Balaban J connectivity index is 1.99. The number of rotatable bonds is 9. The molecule has 1 aromatic heterocycles. The molecule has 0 saturated carbocycles. The number of benzene rings is 1. The van der Waals surface area contributed by atoms with E-state index in [9.17, 15) is 19.8 Å². The largest absolute Gasteiger partial charge is 0.480 e. The Morgan fingerprint density at radius 3 is 2.54 bits per heavy atom. The second-order valence-corrected chi connectivity index (χ2v) is 6.83. The standard InChI is InChI=1S/C19H22N2O4S/c1-26-10-8-16(19(24)25)21-18(23)15-6-4-14(5-7-15)17(22)11-13-3-2-9-20-12-13/h2-7,9,12,16-17,22H,8,10-11H2,1H3,(H,21,23)(H,24,25). The molecule has 0 radical (unpaired) electrons. The number of aliphatic carboxylic acids is 1. The minimum Gasteiger partial charge on any atom is -0.480 e. The SMILES string of the molecule is CSCCC(NC(=O)c1ccc(C(O)Cc2cccnc2)cc1)C(=O)O. The highest BCUT2D eigenvalue weighted by Gasteiger charge is 2.20. The van der Waals surface area contributed by atoms with Gasteiger partial charge in [0.2, 0.25) is 0 Å². The highest BCUT2D eigenvalue weighted by atomic mass is 32.2. The number of carbonyl (C=O) groups is 2. The number of thioether (sulfide) groups is 1. The third-order valence-electron chi connectivity index (χ3n) is 3.92. The number of amides is 1. The van der Waals surface area contributed by atoms with E-state index in [0.29, 0.717) is 29.7 Å². The lowest BCUT2D eigenvalue weighted by molar-refractivity contribution is -0.139. The molecular formula is C19H22N2O4S. The van der Waals surface area contributed by atoms with Crippen LogP contribution in [0.2, 0.25) is 0 Å². The Morgan fingerprint density at radius 2 is 1.96 bits per heavy atom. The number of aliphatic hydroxyl groups is 1. The van der Waals surface area contributed by atoms with E-state index in [-0.39, 0.29) is 0 Å². The fourth-order valence-electron chi connectivity index (χ4n) is 2.45. The smallest absolute Gasteiger partial charge is 0.326 e. The van der Waals surface area contributed by atoms with Crippen LogP contribution >= 0.6 is 11.8 Å². The Hall–Kier alpha value is -2.38. The van der Waals surface area contributed by atoms with Gasteiger partial charge in [-0.3, -0.25) is 9.78 Å². The van der Waals surface area contributed by atoms with Crippen molar-refractivity contribution in [3.63, 3.8) is 0 Å². The normalized spacial score (nSPS) is 13.0.